The Bertz CT molecular complexity index is 523. The van der Waals surface area contributed by atoms with Crippen molar-refractivity contribution in [1.29, 1.82) is 5.26 Å². The van der Waals surface area contributed by atoms with Gasteiger partial charge in [-0.2, -0.15) is 5.26 Å². The van der Waals surface area contributed by atoms with Crippen LogP contribution in [-0.2, 0) is 11.3 Å². The Morgan fingerprint density at radius 3 is 2.80 bits per heavy atom. The van der Waals surface area contributed by atoms with E-state index < -0.39 is 0 Å². The van der Waals surface area contributed by atoms with Gasteiger partial charge in [0.1, 0.15) is 0 Å². The fourth-order valence-corrected chi connectivity index (χ4v) is 2.69. The molecule has 1 amide bonds. The van der Waals surface area contributed by atoms with Gasteiger partial charge in [0.15, 0.2) is 0 Å². The fourth-order valence-electron chi connectivity index (χ4n) is 2.69. The van der Waals surface area contributed by atoms with Gasteiger partial charge >= 0.3 is 0 Å². The summed E-state index contributed by atoms with van der Waals surface area (Å²) >= 11 is 0. The number of rotatable bonds is 5. The molecule has 0 aromatic heterocycles. The molecule has 0 heterocycles. The lowest BCUT2D eigenvalue weighted by atomic mass is 9.66. The van der Waals surface area contributed by atoms with E-state index >= 15 is 0 Å². The van der Waals surface area contributed by atoms with Gasteiger partial charge in [0.25, 0.3) is 0 Å². The number of nitrogens with zero attached hydrogens (tertiary/aromatic N) is 2. The molecular weight excluding hydrogens is 250 g/mol. The van der Waals surface area contributed by atoms with Crippen LogP contribution in [0.5, 0.6) is 0 Å². The lowest BCUT2D eigenvalue weighted by Crippen LogP contribution is -2.42. The van der Waals surface area contributed by atoms with Crippen molar-refractivity contribution < 1.29 is 4.79 Å². The Labute approximate surface area is 120 Å². The van der Waals surface area contributed by atoms with Gasteiger partial charge < -0.3 is 10.6 Å². The van der Waals surface area contributed by atoms with Crippen molar-refractivity contribution in [3.05, 3.63) is 35.4 Å². The Morgan fingerprint density at radius 2 is 2.25 bits per heavy atom. The predicted molar refractivity (Wildman–Crippen MR) is 77.6 cm³/mol. The van der Waals surface area contributed by atoms with Crippen LogP contribution in [-0.4, -0.2) is 24.4 Å². The molecule has 0 atom stereocenters. The summed E-state index contributed by atoms with van der Waals surface area (Å²) in [6.07, 6.45) is 3.84. The average Bonchev–Trinajstić information content (AvgIpc) is 2.42. The summed E-state index contributed by atoms with van der Waals surface area (Å²) in [4.78, 5) is 14.0. The second-order valence-corrected chi connectivity index (χ2v) is 5.80. The van der Waals surface area contributed by atoms with Gasteiger partial charge in [-0.25, -0.2) is 0 Å². The van der Waals surface area contributed by atoms with Gasteiger partial charge in [-0.15, -0.1) is 0 Å². The quantitative estimate of drug-likeness (QED) is 0.890. The van der Waals surface area contributed by atoms with Crippen LogP contribution >= 0.6 is 0 Å². The van der Waals surface area contributed by atoms with E-state index in [0.717, 1.165) is 18.4 Å². The number of nitriles is 1. The maximum atomic E-state index is 12.3. The van der Waals surface area contributed by atoms with Crippen LogP contribution in [0.3, 0.4) is 0 Å². The number of hydrogen-bond acceptors (Lipinski definition) is 3. The molecule has 0 saturated heterocycles. The summed E-state index contributed by atoms with van der Waals surface area (Å²) in [7, 11) is 1.81. The summed E-state index contributed by atoms with van der Waals surface area (Å²) in [6, 6.07) is 9.49. The van der Waals surface area contributed by atoms with Gasteiger partial charge in [-0.05, 0) is 42.5 Å². The molecule has 4 heteroatoms. The Hall–Kier alpha value is -1.86. The van der Waals surface area contributed by atoms with Crippen LogP contribution in [0.1, 0.15) is 36.8 Å². The summed E-state index contributed by atoms with van der Waals surface area (Å²) in [5.41, 5.74) is 7.45. The minimum atomic E-state index is 0.0415. The van der Waals surface area contributed by atoms with Crippen LogP contribution < -0.4 is 5.73 Å². The minimum absolute atomic E-state index is 0.0415. The molecule has 2 rings (SSSR count). The highest BCUT2D eigenvalue weighted by atomic mass is 16.2. The van der Waals surface area contributed by atoms with Crippen LogP contribution in [0.4, 0.5) is 0 Å². The minimum Gasteiger partial charge on any atom is -0.341 e. The molecule has 0 aliphatic heterocycles. The molecule has 1 fully saturated rings. The van der Waals surface area contributed by atoms with Gasteiger partial charge in [-0.3, -0.25) is 4.79 Å². The molecule has 1 aromatic rings. The normalized spacial score (nSPS) is 16.1. The third-order valence-corrected chi connectivity index (χ3v) is 4.28. The van der Waals surface area contributed by atoms with Crippen molar-refractivity contribution in [2.45, 2.75) is 32.2 Å². The zero-order valence-electron chi connectivity index (χ0n) is 11.9. The van der Waals surface area contributed by atoms with Gasteiger partial charge in [0.05, 0.1) is 11.6 Å². The predicted octanol–water partition coefficient (Wildman–Crippen LogP) is 2.04. The molecule has 2 N–H and O–H groups in total. The molecule has 1 aliphatic rings. The van der Waals surface area contributed by atoms with Crippen LogP contribution in [0.2, 0.25) is 0 Å². The first-order valence-electron chi connectivity index (χ1n) is 7.02. The molecule has 0 unspecified atom stereocenters. The van der Waals surface area contributed by atoms with E-state index in [-0.39, 0.29) is 11.3 Å². The Balaban J connectivity index is 1.95. The number of carbonyl (C=O) groups is 1. The lowest BCUT2D eigenvalue weighted by Gasteiger charge is -2.41. The first kappa shape index (κ1) is 14.5. The first-order chi connectivity index (χ1) is 9.58. The Morgan fingerprint density at radius 1 is 1.50 bits per heavy atom. The number of hydrogen-bond donors (Lipinski definition) is 1. The van der Waals surface area contributed by atoms with E-state index in [2.05, 4.69) is 6.07 Å². The van der Waals surface area contributed by atoms with Gasteiger partial charge in [0.2, 0.25) is 5.91 Å². The summed E-state index contributed by atoms with van der Waals surface area (Å²) < 4.78 is 0. The molecule has 20 heavy (non-hydrogen) atoms. The number of carbonyl (C=O) groups excluding carboxylic acids is 1. The summed E-state index contributed by atoms with van der Waals surface area (Å²) in [6.45, 7) is 1.13. The van der Waals surface area contributed by atoms with Crippen LogP contribution in [0, 0.1) is 16.7 Å². The maximum Gasteiger partial charge on any atom is 0.223 e. The maximum absolute atomic E-state index is 12.3. The SMILES string of the molecule is CN(Cc1cccc(C#N)c1)C(=O)CC1(CN)CCC1. The molecule has 1 aliphatic carbocycles. The molecule has 1 aromatic carbocycles. The number of nitrogens with two attached hydrogens (primary N) is 1. The van der Waals surface area contributed by atoms with Crippen LogP contribution in [0.15, 0.2) is 24.3 Å². The number of benzene rings is 1. The van der Waals surface area contributed by atoms with Crippen molar-refractivity contribution >= 4 is 5.91 Å². The topological polar surface area (TPSA) is 70.1 Å². The smallest absolute Gasteiger partial charge is 0.223 e. The van der Waals surface area contributed by atoms with E-state index in [9.17, 15) is 4.79 Å². The monoisotopic (exact) mass is 271 g/mol. The summed E-state index contributed by atoms with van der Waals surface area (Å²) in [5.74, 6) is 0.137. The zero-order valence-corrected chi connectivity index (χ0v) is 11.9. The van der Waals surface area contributed by atoms with Crippen molar-refractivity contribution in [1.82, 2.24) is 4.90 Å². The highest BCUT2D eigenvalue weighted by molar-refractivity contribution is 5.76. The largest absolute Gasteiger partial charge is 0.341 e. The highest BCUT2D eigenvalue weighted by Crippen LogP contribution is 2.43. The van der Waals surface area contributed by atoms with E-state index in [0.29, 0.717) is 25.1 Å². The standard InChI is InChI=1S/C16H21N3O/c1-19(11-14-5-2-4-13(8-14)10-17)15(20)9-16(12-18)6-3-7-16/h2,4-5,8H,3,6-7,9,11-12,18H2,1H3. The second kappa shape index (κ2) is 6.06. The van der Waals surface area contributed by atoms with Crippen molar-refractivity contribution in [2.75, 3.05) is 13.6 Å². The molecule has 106 valence electrons. The van der Waals surface area contributed by atoms with E-state index in [4.69, 9.17) is 11.0 Å². The molecule has 0 spiro atoms. The van der Waals surface area contributed by atoms with Crippen molar-refractivity contribution in [3.8, 4) is 6.07 Å². The Kier molecular flexibility index (Phi) is 4.41. The lowest BCUT2D eigenvalue weighted by molar-refractivity contribution is -0.134. The molecule has 0 radical (unpaired) electrons. The van der Waals surface area contributed by atoms with E-state index in [1.807, 2.05) is 25.2 Å². The average molecular weight is 271 g/mol. The highest BCUT2D eigenvalue weighted by Gasteiger charge is 2.38. The van der Waals surface area contributed by atoms with E-state index in [1.165, 1.54) is 6.42 Å². The third kappa shape index (κ3) is 3.17. The second-order valence-electron chi connectivity index (χ2n) is 5.80. The van der Waals surface area contributed by atoms with E-state index in [1.54, 1.807) is 11.0 Å². The molecule has 1 saturated carbocycles. The zero-order chi connectivity index (χ0) is 14.6. The number of amides is 1. The fraction of sp³-hybridized carbons (Fsp3) is 0.500. The third-order valence-electron chi connectivity index (χ3n) is 4.28. The molecular formula is C16H21N3O. The van der Waals surface area contributed by atoms with Gasteiger partial charge in [0, 0.05) is 20.0 Å². The molecule has 4 nitrogen and oxygen atoms in total. The summed E-state index contributed by atoms with van der Waals surface area (Å²) in [5, 5.41) is 8.89. The molecule has 0 bridgehead atoms. The first-order valence-corrected chi connectivity index (χ1v) is 7.02. The van der Waals surface area contributed by atoms with Crippen LogP contribution in [0.25, 0.3) is 0 Å². The van der Waals surface area contributed by atoms with Crippen molar-refractivity contribution in [2.24, 2.45) is 11.1 Å². The van der Waals surface area contributed by atoms with Gasteiger partial charge in [-0.1, -0.05) is 18.6 Å². The van der Waals surface area contributed by atoms with Crippen molar-refractivity contribution in [3.63, 3.8) is 0 Å².